The zero-order chi connectivity index (χ0) is 13.1. The van der Waals surface area contributed by atoms with E-state index >= 15 is 0 Å². The molecule has 1 nitrogen and oxygen atoms in total. The lowest BCUT2D eigenvalue weighted by Crippen LogP contribution is -2.02. The van der Waals surface area contributed by atoms with Crippen LogP contribution in [0.15, 0.2) is 23.1 Å². The molecule has 0 saturated carbocycles. The zero-order valence-electron chi connectivity index (χ0n) is 8.97. The molecule has 1 rings (SSSR count). The lowest BCUT2D eigenvalue weighted by atomic mass is 10.0. The summed E-state index contributed by atoms with van der Waals surface area (Å²) in [5, 5.41) is 0.520. The van der Waals surface area contributed by atoms with Gasteiger partial charge in [0, 0.05) is 16.6 Å². The van der Waals surface area contributed by atoms with Crippen LogP contribution < -0.4 is 0 Å². The topological polar surface area (TPSA) is 17.1 Å². The highest BCUT2D eigenvalue weighted by atomic mass is 79.9. The molecule has 1 aromatic rings. The number of benzene rings is 1. The molecule has 0 aliphatic carbocycles. The van der Waals surface area contributed by atoms with Crippen LogP contribution in [-0.4, -0.2) is 11.3 Å². The number of Topliss-reactive ketones (excluding diaryl/α,β-unsaturated/α-hetero) is 1. The van der Waals surface area contributed by atoms with Crippen molar-refractivity contribution in [1.82, 2.24) is 0 Å². The quantitative estimate of drug-likeness (QED) is 0.605. The average Bonchev–Trinajstić information content (AvgIpc) is 2.14. The van der Waals surface area contributed by atoms with Crippen LogP contribution in [0.4, 0.5) is 13.2 Å². The molecule has 0 aliphatic heterocycles. The Morgan fingerprint density at radius 2 is 2.00 bits per heavy atom. The maximum Gasteiger partial charge on any atom is 0.446 e. The summed E-state index contributed by atoms with van der Waals surface area (Å²) in [6, 6.07) is 4.45. The Hall–Kier alpha value is -0.490. The van der Waals surface area contributed by atoms with Gasteiger partial charge < -0.3 is 0 Å². The van der Waals surface area contributed by atoms with Gasteiger partial charge >= 0.3 is 5.51 Å². The molecule has 17 heavy (non-hydrogen) atoms. The van der Waals surface area contributed by atoms with E-state index < -0.39 is 5.51 Å². The van der Waals surface area contributed by atoms with Crippen LogP contribution >= 0.6 is 27.7 Å². The normalized spacial score (nSPS) is 11.6. The van der Waals surface area contributed by atoms with Crippen molar-refractivity contribution in [2.45, 2.75) is 29.1 Å². The summed E-state index contributed by atoms with van der Waals surface area (Å²) in [6.07, 6.45) is 0.160. The third kappa shape index (κ3) is 5.12. The Bertz CT molecular complexity index is 418. The molecule has 0 fully saturated rings. The van der Waals surface area contributed by atoms with E-state index in [0.29, 0.717) is 10.9 Å². The van der Waals surface area contributed by atoms with Gasteiger partial charge in [0.25, 0.3) is 0 Å². The molecule has 0 heterocycles. The van der Waals surface area contributed by atoms with Crippen LogP contribution in [0.5, 0.6) is 0 Å². The first kappa shape index (κ1) is 14.6. The lowest BCUT2D eigenvalue weighted by Gasteiger charge is -2.10. The summed E-state index contributed by atoms with van der Waals surface area (Å²) in [5.41, 5.74) is -2.82. The summed E-state index contributed by atoms with van der Waals surface area (Å²) in [7, 11) is 0. The Labute approximate surface area is 110 Å². The first-order chi connectivity index (χ1) is 7.81. The first-order valence-electron chi connectivity index (χ1n) is 4.75. The standard InChI is InChI=1S/C11H10BrF3OS/c1-7(16)4-9-5-10(17-11(13,14)15)3-2-8(9)6-12/h2-3,5H,4,6H2,1H3. The summed E-state index contributed by atoms with van der Waals surface area (Å²) < 4.78 is 36.6. The Morgan fingerprint density at radius 3 is 2.47 bits per heavy atom. The highest BCUT2D eigenvalue weighted by Crippen LogP contribution is 2.37. The molecule has 0 bridgehead atoms. The summed E-state index contributed by atoms with van der Waals surface area (Å²) >= 11 is 3.08. The second-order valence-electron chi connectivity index (χ2n) is 3.49. The predicted octanol–water partition coefficient (Wildman–Crippen LogP) is 4.32. The van der Waals surface area contributed by atoms with Crippen LogP contribution in [-0.2, 0) is 16.5 Å². The van der Waals surface area contributed by atoms with Crippen molar-refractivity contribution < 1.29 is 18.0 Å². The van der Waals surface area contributed by atoms with E-state index in [1.54, 1.807) is 6.07 Å². The van der Waals surface area contributed by atoms with E-state index in [-0.39, 0.29) is 28.9 Å². The highest BCUT2D eigenvalue weighted by molar-refractivity contribution is 9.08. The van der Waals surface area contributed by atoms with Gasteiger partial charge in [-0.25, -0.2) is 0 Å². The number of carbonyl (C=O) groups excluding carboxylic acids is 1. The molecule has 0 unspecified atom stereocenters. The fraction of sp³-hybridized carbons (Fsp3) is 0.364. The van der Waals surface area contributed by atoms with Gasteiger partial charge in [-0.15, -0.1) is 0 Å². The SMILES string of the molecule is CC(=O)Cc1cc(SC(F)(F)F)ccc1CBr. The fourth-order valence-corrected chi connectivity index (χ4v) is 2.51. The van der Waals surface area contributed by atoms with Gasteiger partial charge in [0.2, 0.25) is 0 Å². The maximum absolute atomic E-state index is 12.2. The van der Waals surface area contributed by atoms with Crippen molar-refractivity contribution in [2.75, 3.05) is 0 Å². The number of hydrogen-bond donors (Lipinski definition) is 0. The van der Waals surface area contributed by atoms with Crippen LogP contribution in [0.25, 0.3) is 0 Å². The van der Waals surface area contributed by atoms with E-state index in [9.17, 15) is 18.0 Å². The Balaban J connectivity index is 3.00. The second kappa shape index (κ2) is 5.91. The minimum absolute atomic E-state index is 0.0682. The summed E-state index contributed by atoms with van der Waals surface area (Å²) in [6.45, 7) is 1.42. The van der Waals surface area contributed by atoms with Gasteiger partial charge in [0.05, 0.1) is 0 Å². The number of rotatable bonds is 4. The first-order valence-corrected chi connectivity index (χ1v) is 6.68. The molecule has 0 spiro atoms. The van der Waals surface area contributed by atoms with Crippen LogP contribution in [0, 0.1) is 0 Å². The van der Waals surface area contributed by atoms with E-state index in [4.69, 9.17) is 0 Å². The van der Waals surface area contributed by atoms with E-state index in [1.807, 2.05) is 0 Å². The smallest absolute Gasteiger partial charge is 0.300 e. The van der Waals surface area contributed by atoms with Gasteiger partial charge in [-0.05, 0) is 41.9 Å². The molecule has 0 aromatic heterocycles. The van der Waals surface area contributed by atoms with Gasteiger partial charge in [-0.1, -0.05) is 22.0 Å². The largest absolute Gasteiger partial charge is 0.446 e. The number of halogens is 4. The number of hydrogen-bond acceptors (Lipinski definition) is 2. The van der Waals surface area contributed by atoms with E-state index in [1.165, 1.54) is 19.1 Å². The predicted molar refractivity (Wildman–Crippen MR) is 65.4 cm³/mol. The second-order valence-corrected chi connectivity index (χ2v) is 5.19. The number of alkyl halides is 4. The molecule has 0 atom stereocenters. The molecule has 0 N–H and O–H groups in total. The number of carbonyl (C=O) groups is 1. The molecule has 6 heteroatoms. The fourth-order valence-electron chi connectivity index (χ4n) is 1.36. The van der Waals surface area contributed by atoms with Crippen molar-refractivity contribution in [1.29, 1.82) is 0 Å². The molecule has 94 valence electrons. The summed E-state index contributed by atoms with van der Waals surface area (Å²) in [5.74, 6) is -0.0682. The molecule has 1 aromatic carbocycles. The highest BCUT2D eigenvalue weighted by Gasteiger charge is 2.29. The molecular weight excluding hydrogens is 317 g/mol. The number of ketones is 1. The minimum Gasteiger partial charge on any atom is -0.300 e. The average molecular weight is 327 g/mol. The zero-order valence-corrected chi connectivity index (χ0v) is 11.4. The van der Waals surface area contributed by atoms with E-state index in [0.717, 1.165) is 5.56 Å². The molecule has 0 radical (unpaired) electrons. The van der Waals surface area contributed by atoms with Gasteiger partial charge in [0.1, 0.15) is 5.78 Å². The Morgan fingerprint density at radius 1 is 1.35 bits per heavy atom. The van der Waals surface area contributed by atoms with Crippen LogP contribution in [0.2, 0.25) is 0 Å². The van der Waals surface area contributed by atoms with Gasteiger partial charge in [0.15, 0.2) is 0 Å². The molecule has 0 amide bonds. The monoisotopic (exact) mass is 326 g/mol. The lowest BCUT2D eigenvalue weighted by molar-refractivity contribution is -0.116. The van der Waals surface area contributed by atoms with Crippen LogP contribution in [0.1, 0.15) is 18.1 Å². The van der Waals surface area contributed by atoms with E-state index in [2.05, 4.69) is 15.9 Å². The van der Waals surface area contributed by atoms with Crippen molar-refractivity contribution in [3.8, 4) is 0 Å². The van der Waals surface area contributed by atoms with Crippen molar-refractivity contribution in [2.24, 2.45) is 0 Å². The Kier molecular flexibility index (Phi) is 5.06. The number of thioether (sulfide) groups is 1. The maximum atomic E-state index is 12.2. The van der Waals surface area contributed by atoms with Gasteiger partial charge in [-0.2, -0.15) is 13.2 Å². The molecule has 0 aliphatic rings. The summed E-state index contributed by atoms with van der Waals surface area (Å²) in [4.78, 5) is 11.1. The minimum atomic E-state index is -4.30. The van der Waals surface area contributed by atoms with Crippen molar-refractivity contribution in [3.63, 3.8) is 0 Å². The third-order valence-corrected chi connectivity index (χ3v) is 3.32. The van der Waals surface area contributed by atoms with Crippen molar-refractivity contribution >= 4 is 33.5 Å². The molecular formula is C11H10BrF3OS. The molecule has 0 saturated heterocycles. The van der Waals surface area contributed by atoms with Crippen LogP contribution in [0.3, 0.4) is 0 Å². The van der Waals surface area contributed by atoms with Crippen molar-refractivity contribution in [3.05, 3.63) is 29.3 Å². The van der Waals surface area contributed by atoms with Gasteiger partial charge in [-0.3, -0.25) is 4.79 Å². The third-order valence-electron chi connectivity index (χ3n) is 1.99.